The van der Waals surface area contributed by atoms with Gasteiger partial charge in [-0.15, -0.1) is 11.3 Å². The number of likely N-dealkylation sites (N-methyl/N-ethyl adjacent to an activating group) is 1. The van der Waals surface area contributed by atoms with Crippen molar-refractivity contribution < 1.29 is 13.9 Å². The second-order valence-electron chi connectivity index (χ2n) is 7.10. The van der Waals surface area contributed by atoms with Crippen molar-refractivity contribution in [1.82, 2.24) is 9.88 Å². The maximum atomic E-state index is 13.1. The maximum absolute atomic E-state index is 13.1. The summed E-state index contributed by atoms with van der Waals surface area (Å²) < 4.78 is 18.5. The van der Waals surface area contributed by atoms with Gasteiger partial charge in [0.1, 0.15) is 29.1 Å². The molecule has 3 rings (SSSR count). The van der Waals surface area contributed by atoms with Crippen molar-refractivity contribution in [1.29, 1.82) is 5.26 Å². The van der Waals surface area contributed by atoms with Crippen LogP contribution in [0, 0.1) is 17.1 Å². The molecule has 0 unspecified atom stereocenters. The summed E-state index contributed by atoms with van der Waals surface area (Å²) >= 11 is 1.34. The van der Waals surface area contributed by atoms with E-state index in [0.717, 1.165) is 24.3 Å². The summed E-state index contributed by atoms with van der Waals surface area (Å²) in [5.74, 6) is -0.673. The van der Waals surface area contributed by atoms with E-state index in [1.54, 1.807) is 42.6 Å². The predicted octanol–water partition coefficient (Wildman–Crippen LogP) is 5.42. The Kier molecular flexibility index (Phi) is 8.70. The van der Waals surface area contributed by atoms with Gasteiger partial charge in [-0.2, -0.15) is 5.26 Å². The molecule has 0 aliphatic heterocycles. The molecule has 1 N–H and O–H groups in total. The molecule has 1 heterocycles. The lowest BCUT2D eigenvalue weighted by atomic mass is 10.2. The molecule has 0 aliphatic rings. The van der Waals surface area contributed by atoms with Crippen LogP contribution in [0.3, 0.4) is 0 Å². The molecule has 170 valence electrons. The average Bonchev–Trinajstić information content (AvgIpc) is 3.33. The molecule has 33 heavy (non-hydrogen) atoms. The molecule has 0 spiro atoms. The van der Waals surface area contributed by atoms with Gasteiger partial charge in [0.15, 0.2) is 0 Å². The van der Waals surface area contributed by atoms with E-state index in [1.807, 2.05) is 5.38 Å². The third-order valence-electron chi connectivity index (χ3n) is 5.03. The van der Waals surface area contributed by atoms with Gasteiger partial charge in [-0.05, 0) is 61.6 Å². The number of nitrogens with one attached hydrogen (secondary N) is 1. The molecule has 0 radical (unpaired) electrons. The molecular formula is C25H25FN4O2S. The lowest BCUT2D eigenvalue weighted by molar-refractivity contribution is 0.0466. The fourth-order valence-corrected chi connectivity index (χ4v) is 3.84. The highest BCUT2D eigenvalue weighted by Gasteiger charge is 2.10. The Bertz CT molecular complexity index is 1130. The number of carbonyl (C=O) groups excluding carboxylic acids is 1. The highest BCUT2D eigenvalue weighted by Crippen LogP contribution is 2.26. The monoisotopic (exact) mass is 464 g/mol. The van der Waals surface area contributed by atoms with E-state index in [2.05, 4.69) is 35.1 Å². The number of aromatic nitrogens is 1. The van der Waals surface area contributed by atoms with Crippen LogP contribution in [0.1, 0.15) is 29.2 Å². The zero-order valence-corrected chi connectivity index (χ0v) is 19.4. The van der Waals surface area contributed by atoms with Crippen molar-refractivity contribution in [3.63, 3.8) is 0 Å². The molecule has 0 amide bonds. The van der Waals surface area contributed by atoms with Crippen LogP contribution in [0.2, 0.25) is 0 Å². The molecule has 0 aliphatic carbocycles. The Morgan fingerprint density at radius 1 is 1.18 bits per heavy atom. The summed E-state index contributed by atoms with van der Waals surface area (Å²) in [4.78, 5) is 18.9. The lowest BCUT2D eigenvalue weighted by Crippen LogP contribution is -2.27. The van der Waals surface area contributed by atoms with Crippen LogP contribution in [0.15, 0.2) is 60.1 Å². The SMILES string of the molecule is CCN(CC)CCOC(=O)c1ccc(NC=C(C#N)c2nc(-c3ccc(F)cc3)cs2)cc1. The van der Waals surface area contributed by atoms with E-state index < -0.39 is 0 Å². The van der Waals surface area contributed by atoms with Crippen molar-refractivity contribution in [2.45, 2.75) is 13.8 Å². The summed E-state index contributed by atoms with van der Waals surface area (Å²) in [7, 11) is 0. The van der Waals surface area contributed by atoms with Gasteiger partial charge in [0.25, 0.3) is 0 Å². The Morgan fingerprint density at radius 2 is 1.88 bits per heavy atom. The predicted molar refractivity (Wildman–Crippen MR) is 129 cm³/mol. The van der Waals surface area contributed by atoms with Crippen LogP contribution < -0.4 is 5.32 Å². The smallest absolute Gasteiger partial charge is 0.338 e. The minimum absolute atomic E-state index is 0.310. The number of hydrogen-bond donors (Lipinski definition) is 1. The Balaban J connectivity index is 1.60. The number of nitriles is 1. The Labute approximate surface area is 197 Å². The van der Waals surface area contributed by atoms with Crippen molar-refractivity contribution in [2.24, 2.45) is 0 Å². The number of carbonyl (C=O) groups is 1. The first-order valence-corrected chi connectivity index (χ1v) is 11.5. The van der Waals surface area contributed by atoms with Gasteiger partial charge in [-0.3, -0.25) is 0 Å². The fraction of sp³-hybridized carbons (Fsp3) is 0.240. The quantitative estimate of drug-likeness (QED) is 0.319. The number of thiazole rings is 1. The van der Waals surface area contributed by atoms with Gasteiger partial charge < -0.3 is 15.0 Å². The summed E-state index contributed by atoms with van der Waals surface area (Å²) in [5, 5.41) is 15.0. The minimum Gasteiger partial charge on any atom is -0.461 e. The highest BCUT2D eigenvalue weighted by atomic mass is 32.1. The molecule has 0 bridgehead atoms. The van der Waals surface area contributed by atoms with Crippen LogP contribution >= 0.6 is 11.3 Å². The summed E-state index contributed by atoms with van der Waals surface area (Å²) in [6.45, 7) is 7.04. The third kappa shape index (κ3) is 6.72. The number of hydrogen-bond acceptors (Lipinski definition) is 7. The molecule has 8 heteroatoms. The molecule has 0 saturated heterocycles. The minimum atomic E-state index is -0.363. The number of rotatable bonds is 10. The number of ether oxygens (including phenoxy) is 1. The molecule has 6 nitrogen and oxygen atoms in total. The number of halogens is 1. The van der Waals surface area contributed by atoms with Crippen molar-refractivity contribution >= 4 is 28.6 Å². The first-order valence-electron chi connectivity index (χ1n) is 10.6. The van der Waals surface area contributed by atoms with Gasteiger partial charge in [0, 0.05) is 29.4 Å². The van der Waals surface area contributed by atoms with E-state index in [0.29, 0.717) is 35.0 Å². The molecular weight excluding hydrogens is 439 g/mol. The van der Waals surface area contributed by atoms with Crippen LogP contribution in [-0.2, 0) is 4.74 Å². The van der Waals surface area contributed by atoms with Gasteiger partial charge >= 0.3 is 5.97 Å². The average molecular weight is 465 g/mol. The molecule has 0 atom stereocenters. The normalized spacial score (nSPS) is 11.3. The van der Waals surface area contributed by atoms with Crippen molar-refractivity contribution in [3.8, 4) is 17.3 Å². The van der Waals surface area contributed by atoms with E-state index >= 15 is 0 Å². The zero-order valence-electron chi connectivity index (χ0n) is 18.5. The van der Waals surface area contributed by atoms with Gasteiger partial charge in [-0.1, -0.05) is 13.8 Å². The van der Waals surface area contributed by atoms with E-state index in [4.69, 9.17) is 4.74 Å². The first kappa shape index (κ1) is 24.1. The highest BCUT2D eigenvalue weighted by molar-refractivity contribution is 7.11. The number of benzene rings is 2. The summed E-state index contributed by atoms with van der Waals surface area (Å²) in [5.41, 5.74) is 3.02. The molecule has 2 aromatic carbocycles. The van der Waals surface area contributed by atoms with E-state index in [9.17, 15) is 14.4 Å². The lowest BCUT2D eigenvalue weighted by Gasteiger charge is -2.17. The molecule has 3 aromatic rings. The maximum Gasteiger partial charge on any atom is 0.338 e. The van der Waals surface area contributed by atoms with Crippen LogP contribution in [0.25, 0.3) is 16.8 Å². The zero-order chi connectivity index (χ0) is 23.6. The Hall–Kier alpha value is -3.54. The molecule has 0 saturated carbocycles. The topological polar surface area (TPSA) is 78.2 Å². The third-order valence-corrected chi connectivity index (χ3v) is 5.91. The number of anilines is 1. The van der Waals surface area contributed by atoms with Crippen molar-refractivity contribution in [2.75, 3.05) is 31.6 Å². The van der Waals surface area contributed by atoms with Crippen LogP contribution in [0.5, 0.6) is 0 Å². The largest absolute Gasteiger partial charge is 0.461 e. The van der Waals surface area contributed by atoms with Gasteiger partial charge in [0.2, 0.25) is 0 Å². The number of esters is 1. The number of nitrogens with zero attached hydrogens (tertiary/aromatic N) is 3. The first-order chi connectivity index (χ1) is 16.0. The second kappa shape index (κ2) is 11.9. The fourth-order valence-electron chi connectivity index (χ4n) is 3.04. The van der Waals surface area contributed by atoms with Crippen molar-refractivity contribution in [3.05, 3.63) is 76.5 Å². The second-order valence-corrected chi connectivity index (χ2v) is 7.96. The summed E-state index contributed by atoms with van der Waals surface area (Å²) in [6.07, 6.45) is 1.57. The van der Waals surface area contributed by atoms with E-state index in [-0.39, 0.29) is 11.8 Å². The summed E-state index contributed by atoms with van der Waals surface area (Å²) in [6, 6.07) is 15.1. The van der Waals surface area contributed by atoms with Gasteiger partial charge in [0.05, 0.1) is 11.3 Å². The van der Waals surface area contributed by atoms with Crippen LogP contribution in [-0.4, -0.2) is 42.1 Å². The molecule has 1 aromatic heterocycles. The molecule has 0 fully saturated rings. The Morgan fingerprint density at radius 3 is 2.52 bits per heavy atom. The standard InChI is InChI=1S/C25H25FN4O2S/c1-3-30(4-2)13-14-32-25(31)19-7-11-22(12-8-19)28-16-20(15-27)24-29-23(17-33-24)18-5-9-21(26)10-6-18/h5-12,16-17,28H,3-4,13-14H2,1-2H3. The van der Waals surface area contributed by atoms with Gasteiger partial charge in [-0.25, -0.2) is 14.2 Å². The number of allylic oxidation sites excluding steroid dienone is 1. The van der Waals surface area contributed by atoms with Crippen LogP contribution in [0.4, 0.5) is 10.1 Å². The van der Waals surface area contributed by atoms with E-state index in [1.165, 1.54) is 23.5 Å².